The molecule has 0 aromatic carbocycles. The second-order valence-corrected chi connectivity index (χ2v) is 5.88. The Labute approximate surface area is 123 Å². The molecule has 3 rings (SSSR count). The van der Waals surface area contributed by atoms with Crippen molar-refractivity contribution in [3.8, 4) is 0 Å². The van der Waals surface area contributed by atoms with Crippen LogP contribution in [0.25, 0.3) is 11.0 Å². The van der Waals surface area contributed by atoms with Crippen LogP contribution in [0.3, 0.4) is 0 Å². The molecule has 0 spiro atoms. The fraction of sp³-hybridized carbons (Fsp3) is 0.533. The zero-order valence-corrected chi connectivity index (χ0v) is 12.7. The Morgan fingerprint density at radius 3 is 3.00 bits per heavy atom. The van der Waals surface area contributed by atoms with Gasteiger partial charge in [0.15, 0.2) is 5.65 Å². The first kappa shape index (κ1) is 14.0. The largest absolute Gasteiger partial charge is 0.348 e. The lowest BCUT2D eigenvalue weighted by Gasteiger charge is -2.13. The summed E-state index contributed by atoms with van der Waals surface area (Å²) in [5.41, 5.74) is 2.22. The third kappa shape index (κ3) is 2.63. The predicted octanol–water partition coefficient (Wildman–Crippen LogP) is 1.41. The summed E-state index contributed by atoms with van der Waals surface area (Å²) in [5.74, 6) is -0.0482. The molecular formula is C15H21N5O. The average Bonchev–Trinajstić information content (AvgIpc) is 3.06. The topological polar surface area (TPSA) is 71.8 Å². The molecule has 0 bridgehead atoms. The minimum absolute atomic E-state index is 0.0482. The summed E-state index contributed by atoms with van der Waals surface area (Å²) in [6.07, 6.45) is 2.75. The number of hydrogen-bond donors (Lipinski definition) is 2. The number of amides is 1. The van der Waals surface area contributed by atoms with E-state index >= 15 is 0 Å². The van der Waals surface area contributed by atoms with Crippen LogP contribution in [0.1, 0.15) is 42.4 Å². The summed E-state index contributed by atoms with van der Waals surface area (Å²) in [6.45, 7) is 7.81. The Balaban J connectivity index is 1.91. The van der Waals surface area contributed by atoms with Crippen molar-refractivity contribution >= 4 is 16.9 Å². The maximum absolute atomic E-state index is 12.4. The van der Waals surface area contributed by atoms with Crippen LogP contribution in [-0.4, -0.2) is 39.8 Å². The normalized spacial score (nSPS) is 18.6. The molecule has 6 heteroatoms. The molecule has 1 aliphatic rings. The number of pyridine rings is 1. The smallest absolute Gasteiger partial charge is 0.253 e. The number of hydrogen-bond acceptors (Lipinski definition) is 4. The van der Waals surface area contributed by atoms with Crippen molar-refractivity contribution in [1.82, 2.24) is 25.4 Å². The van der Waals surface area contributed by atoms with Gasteiger partial charge in [0.05, 0.1) is 17.5 Å². The highest BCUT2D eigenvalue weighted by Crippen LogP contribution is 2.19. The van der Waals surface area contributed by atoms with Crippen LogP contribution in [0.2, 0.25) is 0 Å². The van der Waals surface area contributed by atoms with Crippen LogP contribution in [0.4, 0.5) is 0 Å². The monoisotopic (exact) mass is 287 g/mol. The van der Waals surface area contributed by atoms with Crippen LogP contribution in [0.15, 0.2) is 12.3 Å². The van der Waals surface area contributed by atoms with E-state index < -0.39 is 0 Å². The van der Waals surface area contributed by atoms with Crippen molar-refractivity contribution in [1.29, 1.82) is 0 Å². The van der Waals surface area contributed by atoms with Gasteiger partial charge < -0.3 is 10.6 Å². The zero-order chi connectivity index (χ0) is 15.0. The van der Waals surface area contributed by atoms with Gasteiger partial charge in [-0.25, -0.2) is 9.67 Å². The predicted molar refractivity (Wildman–Crippen MR) is 81.4 cm³/mol. The van der Waals surface area contributed by atoms with Gasteiger partial charge in [-0.1, -0.05) is 0 Å². The van der Waals surface area contributed by atoms with Gasteiger partial charge in [0.25, 0.3) is 5.91 Å². The molecule has 0 radical (unpaired) electrons. The third-order valence-corrected chi connectivity index (χ3v) is 3.89. The molecule has 112 valence electrons. The zero-order valence-electron chi connectivity index (χ0n) is 12.7. The van der Waals surface area contributed by atoms with Crippen molar-refractivity contribution in [2.24, 2.45) is 0 Å². The highest BCUT2D eigenvalue weighted by molar-refractivity contribution is 5.98. The van der Waals surface area contributed by atoms with Gasteiger partial charge in [-0.15, -0.1) is 0 Å². The first-order chi connectivity index (χ1) is 10.1. The van der Waals surface area contributed by atoms with Crippen LogP contribution >= 0.6 is 0 Å². The Hall–Kier alpha value is -1.95. The van der Waals surface area contributed by atoms with E-state index in [4.69, 9.17) is 0 Å². The number of nitrogens with one attached hydrogen (secondary N) is 2. The minimum atomic E-state index is -0.0482. The average molecular weight is 287 g/mol. The summed E-state index contributed by atoms with van der Waals surface area (Å²) in [5, 5.41) is 11.6. The number of aryl methyl sites for hydroxylation is 1. The molecule has 2 N–H and O–H groups in total. The summed E-state index contributed by atoms with van der Waals surface area (Å²) < 4.78 is 1.88. The van der Waals surface area contributed by atoms with E-state index in [1.165, 1.54) is 0 Å². The van der Waals surface area contributed by atoms with Crippen molar-refractivity contribution < 1.29 is 4.79 Å². The maximum Gasteiger partial charge on any atom is 0.253 e. The molecule has 1 fully saturated rings. The lowest BCUT2D eigenvalue weighted by atomic mass is 10.1. The third-order valence-electron chi connectivity index (χ3n) is 3.89. The molecule has 2 aromatic heterocycles. The van der Waals surface area contributed by atoms with Gasteiger partial charge in [0.1, 0.15) is 0 Å². The molecule has 1 unspecified atom stereocenters. The summed E-state index contributed by atoms with van der Waals surface area (Å²) in [7, 11) is 0. The molecule has 1 aliphatic heterocycles. The van der Waals surface area contributed by atoms with E-state index in [-0.39, 0.29) is 18.0 Å². The highest BCUT2D eigenvalue weighted by atomic mass is 16.1. The molecule has 0 saturated carbocycles. The number of aromatic nitrogens is 3. The van der Waals surface area contributed by atoms with Crippen LogP contribution < -0.4 is 10.6 Å². The van der Waals surface area contributed by atoms with Gasteiger partial charge in [-0.05, 0) is 39.8 Å². The van der Waals surface area contributed by atoms with E-state index in [0.29, 0.717) is 5.56 Å². The molecule has 6 nitrogen and oxygen atoms in total. The quantitative estimate of drug-likeness (QED) is 0.895. The number of rotatable bonds is 3. The number of fused-ring (bicyclic) bond motifs is 1. The Kier molecular flexibility index (Phi) is 3.63. The summed E-state index contributed by atoms with van der Waals surface area (Å²) in [4.78, 5) is 17.0. The van der Waals surface area contributed by atoms with Gasteiger partial charge >= 0.3 is 0 Å². The van der Waals surface area contributed by atoms with E-state index in [1.807, 2.05) is 17.7 Å². The summed E-state index contributed by atoms with van der Waals surface area (Å²) >= 11 is 0. The molecule has 1 saturated heterocycles. The van der Waals surface area contributed by atoms with Crippen LogP contribution in [-0.2, 0) is 0 Å². The first-order valence-corrected chi connectivity index (χ1v) is 7.42. The lowest BCUT2D eigenvalue weighted by molar-refractivity contribution is 0.0939. The lowest BCUT2D eigenvalue weighted by Crippen LogP contribution is -2.36. The molecular weight excluding hydrogens is 266 g/mol. The van der Waals surface area contributed by atoms with Crippen molar-refractivity contribution in [2.75, 3.05) is 13.1 Å². The van der Waals surface area contributed by atoms with E-state index in [9.17, 15) is 4.79 Å². The van der Waals surface area contributed by atoms with Crippen molar-refractivity contribution in [3.63, 3.8) is 0 Å². The number of carbonyl (C=O) groups is 1. The number of nitrogens with zero attached hydrogens (tertiary/aromatic N) is 3. The molecule has 1 amide bonds. The van der Waals surface area contributed by atoms with Gasteiger partial charge in [0, 0.05) is 24.0 Å². The van der Waals surface area contributed by atoms with Crippen LogP contribution in [0.5, 0.6) is 0 Å². The van der Waals surface area contributed by atoms with E-state index in [1.54, 1.807) is 6.20 Å². The van der Waals surface area contributed by atoms with Gasteiger partial charge in [-0.2, -0.15) is 5.10 Å². The standard InChI is InChI=1S/C15H21N5O/c1-9(2)20-14-11(7-17-20)6-13(10(3)18-14)15(21)19-12-4-5-16-8-12/h6-7,9,12,16H,4-5,8H2,1-3H3,(H,19,21). The van der Waals surface area contributed by atoms with Crippen molar-refractivity contribution in [2.45, 2.75) is 39.3 Å². The van der Waals surface area contributed by atoms with Gasteiger partial charge in [-0.3, -0.25) is 4.79 Å². The fourth-order valence-electron chi connectivity index (χ4n) is 2.71. The first-order valence-electron chi connectivity index (χ1n) is 7.42. The second kappa shape index (κ2) is 5.44. The Bertz CT molecular complexity index is 670. The van der Waals surface area contributed by atoms with Gasteiger partial charge in [0.2, 0.25) is 0 Å². The minimum Gasteiger partial charge on any atom is -0.348 e. The fourth-order valence-corrected chi connectivity index (χ4v) is 2.71. The van der Waals surface area contributed by atoms with Crippen LogP contribution in [0, 0.1) is 6.92 Å². The Morgan fingerprint density at radius 1 is 1.52 bits per heavy atom. The maximum atomic E-state index is 12.4. The van der Waals surface area contributed by atoms with E-state index in [0.717, 1.165) is 36.2 Å². The molecule has 2 aromatic rings. The SMILES string of the molecule is Cc1nc2c(cnn2C(C)C)cc1C(=O)NC1CCNC1. The molecule has 3 heterocycles. The molecule has 21 heavy (non-hydrogen) atoms. The Morgan fingerprint density at radius 2 is 2.33 bits per heavy atom. The molecule has 0 aliphatic carbocycles. The second-order valence-electron chi connectivity index (χ2n) is 5.88. The van der Waals surface area contributed by atoms with Crippen molar-refractivity contribution in [3.05, 3.63) is 23.5 Å². The highest BCUT2D eigenvalue weighted by Gasteiger charge is 2.20. The molecule has 1 atom stereocenters. The van der Waals surface area contributed by atoms with E-state index in [2.05, 4.69) is 34.6 Å². The number of carbonyl (C=O) groups excluding carboxylic acids is 1. The summed E-state index contributed by atoms with van der Waals surface area (Å²) in [6, 6.07) is 2.35.